The van der Waals surface area contributed by atoms with Gasteiger partial charge in [0.1, 0.15) is 18.0 Å². The van der Waals surface area contributed by atoms with Gasteiger partial charge in [-0.2, -0.15) is 0 Å². The quantitative estimate of drug-likeness (QED) is 0.634. The summed E-state index contributed by atoms with van der Waals surface area (Å²) in [6.07, 6.45) is 1.33. The molecule has 0 saturated heterocycles. The number of aromatic nitrogens is 2. The predicted molar refractivity (Wildman–Crippen MR) is 62.5 cm³/mol. The molecule has 4 N–H and O–H groups in total. The van der Waals surface area contributed by atoms with E-state index < -0.39 is 10.0 Å². The zero-order valence-electron chi connectivity index (χ0n) is 9.19. The fourth-order valence-electron chi connectivity index (χ4n) is 1.05. The summed E-state index contributed by atoms with van der Waals surface area (Å²) in [7, 11) is -1.82. The number of sulfonamides is 1. The highest BCUT2D eigenvalue weighted by molar-refractivity contribution is 7.89. The van der Waals surface area contributed by atoms with Crippen LogP contribution in [0.25, 0.3) is 0 Å². The number of nitrogen functional groups attached to an aromatic ring is 1. The lowest BCUT2D eigenvalue weighted by Crippen LogP contribution is -2.26. The fourth-order valence-corrected chi connectivity index (χ4v) is 1.62. The van der Waals surface area contributed by atoms with Gasteiger partial charge in [-0.05, 0) is 14.0 Å². The smallest absolute Gasteiger partial charge is 0.213 e. The molecule has 0 radical (unpaired) electrons. The van der Waals surface area contributed by atoms with Gasteiger partial charge in [0, 0.05) is 12.1 Å². The molecule has 0 spiro atoms. The molecule has 0 bridgehead atoms. The van der Waals surface area contributed by atoms with E-state index in [-0.39, 0.29) is 12.3 Å². The van der Waals surface area contributed by atoms with E-state index in [2.05, 4.69) is 20.0 Å². The summed E-state index contributed by atoms with van der Waals surface area (Å²) >= 11 is 0. The highest BCUT2D eigenvalue weighted by atomic mass is 32.2. The van der Waals surface area contributed by atoms with Gasteiger partial charge in [-0.3, -0.25) is 0 Å². The Morgan fingerprint density at radius 3 is 2.75 bits per heavy atom. The SMILES string of the molecule is CNS(=O)(=O)CCNc1ncnc(N)c1C. The van der Waals surface area contributed by atoms with Crippen LogP contribution in [-0.4, -0.2) is 37.7 Å². The third-order valence-corrected chi connectivity index (χ3v) is 3.46. The van der Waals surface area contributed by atoms with Crippen LogP contribution in [0.4, 0.5) is 11.6 Å². The fraction of sp³-hybridized carbons (Fsp3) is 0.500. The van der Waals surface area contributed by atoms with Crippen LogP contribution in [0.1, 0.15) is 5.56 Å². The summed E-state index contributed by atoms with van der Waals surface area (Å²) in [5.74, 6) is 0.917. The van der Waals surface area contributed by atoms with Crippen molar-refractivity contribution in [3.63, 3.8) is 0 Å². The van der Waals surface area contributed by atoms with Crippen molar-refractivity contribution in [2.45, 2.75) is 6.92 Å². The molecular weight excluding hydrogens is 230 g/mol. The molecule has 0 atom stereocenters. The first kappa shape index (κ1) is 12.7. The van der Waals surface area contributed by atoms with Crippen molar-refractivity contribution in [2.75, 3.05) is 30.4 Å². The molecule has 0 aliphatic carbocycles. The predicted octanol–water partition coefficient (Wildman–Crippen LogP) is -0.672. The second-order valence-electron chi connectivity index (χ2n) is 3.18. The molecule has 0 aliphatic rings. The molecule has 8 heteroatoms. The Balaban J connectivity index is 2.59. The van der Waals surface area contributed by atoms with Gasteiger partial charge < -0.3 is 11.1 Å². The van der Waals surface area contributed by atoms with E-state index in [9.17, 15) is 8.42 Å². The van der Waals surface area contributed by atoms with Crippen molar-refractivity contribution in [3.05, 3.63) is 11.9 Å². The summed E-state index contributed by atoms with van der Waals surface area (Å²) in [5.41, 5.74) is 6.29. The standard InChI is InChI=1S/C8H15N5O2S/c1-6-7(9)12-5-13-8(6)11-3-4-16(14,15)10-2/h5,10H,3-4H2,1-2H3,(H3,9,11,12,13). The van der Waals surface area contributed by atoms with Gasteiger partial charge in [0.2, 0.25) is 10.0 Å². The third-order valence-electron chi connectivity index (χ3n) is 2.10. The van der Waals surface area contributed by atoms with Gasteiger partial charge in [-0.25, -0.2) is 23.1 Å². The Labute approximate surface area is 94.5 Å². The highest BCUT2D eigenvalue weighted by Crippen LogP contribution is 2.14. The molecule has 7 nitrogen and oxygen atoms in total. The topological polar surface area (TPSA) is 110 Å². The molecule has 0 amide bonds. The lowest BCUT2D eigenvalue weighted by atomic mass is 10.3. The maximum absolute atomic E-state index is 11.1. The zero-order chi connectivity index (χ0) is 12.2. The van der Waals surface area contributed by atoms with Crippen molar-refractivity contribution < 1.29 is 8.42 Å². The first-order chi connectivity index (χ1) is 7.46. The summed E-state index contributed by atoms with van der Waals surface area (Å²) < 4.78 is 24.5. The number of rotatable bonds is 5. The minimum Gasteiger partial charge on any atom is -0.383 e. The normalized spacial score (nSPS) is 11.4. The van der Waals surface area contributed by atoms with Crippen molar-refractivity contribution in [1.29, 1.82) is 0 Å². The first-order valence-electron chi connectivity index (χ1n) is 4.68. The van der Waals surface area contributed by atoms with Crippen LogP contribution >= 0.6 is 0 Å². The number of hydrogen-bond donors (Lipinski definition) is 3. The minimum atomic E-state index is -3.20. The van der Waals surface area contributed by atoms with Gasteiger partial charge in [0.25, 0.3) is 0 Å². The second-order valence-corrected chi connectivity index (χ2v) is 5.23. The third kappa shape index (κ3) is 3.31. The van der Waals surface area contributed by atoms with Crippen LogP contribution in [0.2, 0.25) is 0 Å². The summed E-state index contributed by atoms with van der Waals surface area (Å²) in [4.78, 5) is 7.78. The van der Waals surface area contributed by atoms with Crippen LogP contribution in [-0.2, 0) is 10.0 Å². The Morgan fingerprint density at radius 2 is 2.12 bits per heavy atom. The average molecular weight is 245 g/mol. The molecule has 1 aromatic heterocycles. The van der Waals surface area contributed by atoms with Gasteiger partial charge in [-0.15, -0.1) is 0 Å². The highest BCUT2D eigenvalue weighted by Gasteiger charge is 2.08. The first-order valence-corrected chi connectivity index (χ1v) is 6.33. The van der Waals surface area contributed by atoms with Gasteiger partial charge in [-0.1, -0.05) is 0 Å². The van der Waals surface area contributed by atoms with E-state index >= 15 is 0 Å². The Bertz CT molecular complexity index is 459. The number of nitrogens with two attached hydrogens (primary N) is 1. The maximum Gasteiger partial charge on any atom is 0.213 e. The Hall–Kier alpha value is -1.41. The van der Waals surface area contributed by atoms with Crippen molar-refractivity contribution in [3.8, 4) is 0 Å². The summed E-state index contributed by atoms with van der Waals surface area (Å²) in [6, 6.07) is 0. The van der Waals surface area contributed by atoms with E-state index in [0.717, 1.165) is 0 Å². The lowest BCUT2D eigenvalue weighted by Gasteiger charge is -2.09. The largest absolute Gasteiger partial charge is 0.383 e. The van der Waals surface area contributed by atoms with Gasteiger partial charge in [0.05, 0.1) is 5.75 Å². The molecular formula is C8H15N5O2S. The molecule has 90 valence electrons. The number of anilines is 2. The summed E-state index contributed by atoms with van der Waals surface area (Å²) in [6.45, 7) is 2.03. The molecule has 0 unspecified atom stereocenters. The molecule has 1 aromatic rings. The Morgan fingerprint density at radius 1 is 1.44 bits per heavy atom. The van der Waals surface area contributed by atoms with E-state index in [1.807, 2.05) is 0 Å². The van der Waals surface area contributed by atoms with Crippen LogP contribution < -0.4 is 15.8 Å². The van der Waals surface area contributed by atoms with E-state index in [4.69, 9.17) is 5.73 Å². The van der Waals surface area contributed by atoms with Crippen molar-refractivity contribution in [2.24, 2.45) is 0 Å². The van der Waals surface area contributed by atoms with E-state index in [1.165, 1.54) is 13.4 Å². The molecule has 1 heterocycles. The molecule has 0 saturated carbocycles. The maximum atomic E-state index is 11.1. The van der Waals surface area contributed by atoms with Gasteiger partial charge >= 0.3 is 0 Å². The average Bonchev–Trinajstić information content (AvgIpc) is 2.24. The molecule has 16 heavy (non-hydrogen) atoms. The van der Waals surface area contributed by atoms with Crippen LogP contribution in [0, 0.1) is 6.92 Å². The monoisotopic (exact) mass is 245 g/mol. The second kappa shape index (κ2) is 5.08. The van der Waals surface area contributed by atoms with E-state index in [0.29, 0.717) is 17.2 Å². The van der Waals surface area contributed by atoms with E-state index in [1.54, 1.807) is 6.92 Å². The Kier molecular flexibility index (Phi) is 4.02. The summed E-state index contributed by atoms with van der Waals surface area (Å²) in [5, 5.41) is 2.89. The molecule has 0 fully saturated rings. The number of nitrogens with one attached hydrogen (secondary N) is 2. The van der Waals surface area contributed by atoms with Crippen LogP contribution in [0.15, 0.2) is 6.33 Å². The minimum absolute atomic E-state index is 0.0210. The van der Waals surface area contributed by atoms with Crippen molar-refractivity contribution >= 4 is 21.7 Å². The number of nitrogens with zero attached hydrogens (tertiary/aromatic N) is 2. The van der Waals surface area contributed by atoms with Crippen molar-refractivity contribution in [1.82, 2.24) is 14.7 Å². The van der Waals surface area contributed by atoms with Crippen LogP contribution in [0.5, 0.6) is 0 Å². The zero-order valence-corrected chi connectivity index (χ0v) is 10.0. The molecule has 0 aliphatic heterocycles. The van der Waals surface area contributed by atoms with Gasteiger partial charge in [0.15, 0.2) is 0 Å². The lowest BCUT2D eigenvalue weighted by molar-refractivity contribution is 0.588. The van der Waals surface area contributed by atoms with Crippen LogP contribution in [0.3, 0.4) is 0 Å². The molecule has 1 rings (SSSR count). The number of hydrogen-bond acceptors (Lipinski definition) is 6. The molecule has 0 aromatic carbocycles.